The van der Waals surface area contributed by atoms with Crippen LogP contribution in [0.4, 0.5) is 12.3 Å². The first kappa shape index (κ1) is 7.01. The summed E-state index contributed by atoms with van der Waals surface area (Å²) in [5.74, 6) is 0. The lowest BCUT2D eigenvalue weighted by atomic mass is 10.6. The van der Waals surface area contributed by atoms with Crippen LogP contribution in [0.3, 0.4) is 0 Å². The molecule has 0 amide bonds. The van der Waals surface area contributed by atoms with Crippen molar-refractivity contribution in [3.63, 3.8) is 0 Å². The third-order valence-corrected chi connectivity index (χ3v) is 1.96. The molecule has 0 aliphatic rings. The minimum atomic E-state index is -5.23. The van der Waals surface area contributed by atoms with Crippen molar-refractivity contribution < 1.29 is 12.3 Å². The summed E-state index contributed by atoms with van der Waals surface area (Å²) < 4.78 is 34.0. The Morgan fingerprint density at radius 2 is 1.29 bits per heavy atom. The Morgan fingerprint density at radius 1 is 1.14 bits per heavy atom. The largest absolute Gasteiger partial charge is 0.618 e. The first-order chi connectivity index (χ1) is 2.94. The van der Waals surface area contributed by atoms with Gasteiger partial charge in [-0.3, -0.25) is 0 Å². The highest BCUT2D eigenvalue weighted by molar-refractivity contribution is 6.59. The summed E-state index contributed by atoms with van der Waals surface area (Å²) in [4.78, 5) is 0. The Balaban J connectivity index is 3.54. The molecule has 0 radical (unpaired) electrons. The standard InChI is InChI=1S/C3H7F3Si/c1-3(2)7(4,5)6/h3H,1-2H3. The molecule has 0 bridgehead atoms. The third kappa shape index (κ3) is 2.67. The summed E-state index contributed by atoms with van der Waals surface area (Å²) in [7, 11) is -5.23. The van der Waals surface area contributed by atoms with Crippen LogP contribution in [0.25, 0.3) is 0 Å². The maximum absolute atomic E-state index is 11.3. The fourth-order valence-electron chi connectivity index (χ4n) is 0. The van der Waals surface area contributed by atoms with E-state index in [1.54, 1.807) is 0 Å². The molecule has 0 N–H and O–H groups in total. The van der Waals surface area contributed by atoms with E-state index >= 15 is 0 Å². The molecule has 0 saturated heterocycles. The monoisotopic (exact) mass is 128 g/mol. The molecule has 0 saturated carbocycles. The van der Waals surface area contributed by atoms with Crippen molar-refractivity contribution in [1.29, 1.82) is 0 Å². The van der Waals surface area contributed by atoms with Gasteiger partial charge >= 0.3 is 9.08 Å². The van der Waals surface area contributed by atoms with Gasteiger partial charge in [-0.05, 0) is 0 Å². The van der Waals surface area contributed by atoms with Gasteiger partial charge in [0.05, 0.1) is 0 Å². The average molecular weight is 128 g/mol. The van der Waals surface area contributed by atoms with Gasteiger partial charge in [0.15, 0.2) is 0 Å². The lowest BCUT2D eigenvalue weighted by Gasteiger charge is -2.02. The number of rotatable bonds is 1. The van der Waals surface area contributed by atoms with Crippen molar-refractivity contribution in [3.05, 3.63) is 0 Å². The molecule has 0 aliphatic heterocycles. The van der Waals surface area contributed by atoms with Crippen LogP contribution < -0.4 is 0 Å². The molecule has 0 fully saturated rings. The lowest BCUT2D eigenvalue weighted by Crippen LogP contribution is -2.18. The zero-order chi connectivity index (χ0) is 6.08. The molecular formula is C3H7F3Si. The van der Waals surface area contributed by atoms with Crippen LogP contribution in [0, 0.1) is 0 Å². The number of hydrogen-bond donors (Lipinski definition) is 0. The van der Waals surface area contributed by atoms with Crippen LogP contribution in [-0.4, -0.2) is 9.08 Å². The Hall–Kier alpha value is 0.00688. The van der Waals surface area contributed by atoms with E-state index < -0.39 is 14.6 Å². The molecule has 0 aromatic carbocycles. The van der Waals surface area contributed by atoms with Gasteiger partial charge in [0.25, 0.3) is 0 Å². The molecule has 0 unspecified atom stereocenters. The lowest BCUT2D eigenvalue weighted by molar-refractivity contribution is 0.447. The van der Waals surface area contributed by atoms with Crippen molar-refractivity contribution in [3.8, 4) is 0 Å². The van der Waals surface area contributed by atoms with Crippen LogP contribution in [0.1, 0.15) is 13.8 Å². The summed E-state index contributed by atoms with van der Waals surface area (Å²) in [6.45, 7) is 2.37. The first-order valence-corrected chi connectivity index (χ1v) is 3.72. The molecule has 0 atom stereocenters. The topological polar surface area (TPSA) is 0 Å². The van der Waals surface area contributed by atoms with Crippen LogP contribution in [0.5, 0.6) is 0 Å². The fourth-order valence-corrected chi connectivity index (χ4v) is 0. The zero-order valence-electron chi connectivity index (χ0n) is 4.21. The van der Waals surface area contributed by atoms with Crippen molar-refractivity contribution >= 4 is 9.08 Å². The van der Waals surface area contributed by atoms with Gasteiger partial charge in [0.2, 0.25) is 0 Å². The van der Waals surface area contributed by atoms with Crippen molar-refractivity contribution in [2.75, 3.05) is 0 Å². The summed E-state index contributed by atoms with van der Waals surface area (Å²) in [5, 5.41) is 0. The van der Waals surface area contributed by atoms with Gasteiger partial charge in [-0.25, -0.2) is 12.3 Å². The SMILES string of the molecule is CC(C)[Si](F)(F)F. The Kier molecular flexibility index (Phi) is 1.86. The van der Waals surface area contributed by atoms with E-state index in [1.807, 2.05) is 0 Å². The quantitative estimate of drug-likeness (QED) is 0.375. The molecule has 0 nitrogen and oxygen atoms in total. The normalized spacial score (nSPS) is 12.9. The van der Waals surface area contributed by atoms with E-state index in [-0.39, 0.29) is 0 Å². The second-order valence-electron chi connectivity index (χ2n) is 1.70. The van der Waals surface area contributed by atoms with Crippen LogP contribution >= 0.6 is 0 Å². The number of halogens is 3. The Labute approximate surface area is 41.9 Å². The molecule has 0 heterocycles. The van der Waals surface area contributed by atoms with Crippen LogP contribution in [0.2, 0.25) is 5.54 Å². The van der Waals surface area contributed by atoms with Gasteiger partial charge in [-0.1, -0.05) is 13.8 Å². The molecule has 0 aromatic heterocycles. The maximum Gasteiger partial charge on any atom is 0.618 e. The predicted octanol–water partition coefficient (Wildman–Crippen LogP) is 2.24. The van der Waals surface area contributed by atoms with E-state index in [9.17, 15) is 12.3 Å². The molecule has 4 heteroatoms. The van der Waals surface area contributed by atoms with Crippen molar-refractivity contribution in [2.24, 2.45) is 0 Å². The molecular weight excluding hydrogens is 121 g/mol. The predicted molar refractivity (Wildman–Crippen MR) is 24.2 cm³/mol. The van der Waals surface area contributed by atoms with Gasteiger partial charge < -0.3 is 0 Å². The Morgan fingerprint density at radius 3 is 1.29 bits per heavy atom. The summed E-state index contributed by atoms with van der Waals surface area (Å²) in [6.07, 6.45) is 0. The summed E-state index contributed by atoms with van der Waals surface area (Å²) in [6, 6.07) is 0. The molecule has 0 aliphatic carbocycles. The van der Waals surface area contributed by atoms with E-state index in [0.717, 1.165) is 0 Å². The molecule has 0 aromatic rings. The second-order valence-corrected chi connectivity index (χ2v) is 3.93. The summed E-state index contributed by atoms with van der Waals surface area (Å²) in [5.41, 5.74) is -1.06. The van der Waals surface area contributed by atoms with Crippen molar-refractivity contribution in [2.45, 2.75) is 19.4 Å². The van der Waals surface area contributed by atoms with Crippen LogP contribution in [-0.2, 0) is 0 Å². The van der Waals surface area contributed by atoms with E-state index in [4.69, 9.17) is 0 Å². The van der Waals surface area contributed by atoms with Crippen LogP contribution in [0.15, 0.2) is 0 Å². The van der Waals surface area contributed by atoms with E-state index in [0.29, 0.717) is 0 Å². The van der Waals surface area contributed by atoms with Crippen molar-refractivity contribution in [1.82, 2.24) is 0 Å². The van der Waals surface area contributed by atoms with Gasteiger partial charge in [0, 0.05) is 5.54 Å². The highest BCUT2D eigenvalue weighted by Crippen LogP contribution is 2.23. The molecule has 0 rings (SSSR count). The molecule has 44 valence electrons. The fraction of sp³-hybridized carbons (Fsp3) is 1.00. The number of hydrogen-bond acceptors (Lipinski definition) is 0. The van der Waals surface area contributed by atoms with E-state index in [2.05, 4.69) is 0 Å². The average Bonchev–Trinajstić information content (AvgIpc) is 1.31. The smallest absolute Gasteiger partial charge is 0.237 e. The minimum absolute atomic E-state index is 1.06. The zero-order valence-corrected chi connectivity index (χ0v) is 5.21. The highest BCUT2D eigenvalue weighted by Gasteiger charge is 2.40. The summed E-state index contributed by atoms with van der Waals surface area (Å²) >= 11 is 0. The first-order valence-electron chi connectivity index (χ1n) is 2.01. The molecule has 0 spiro atoms. The second kappa shape index (κ2) is 1.86. The van der Waals surface area contributed by atoms with Gasteiger partial charge in [-0.15, -0.1) is 0 Å². The highest BCUT2D eigenvalue weighted by atomic mass is 28.5. The molecule has 7 heavy (non-hydrogen) atoms. The maximum atomic E-state index is 11.3. The minimum Gasteiger partial charge on any atom is -0.237 e. The Bertz CT molecular complexity index is 55.7. The third-order valence-electron chi connectivity index (χ3n) is 0.655. The van der Waals surface area contributed by atoms with Gasteiger partial charge in [0.1, 0.15) is 0 Å². The van der Waals surface area contributed by atoms with E-state index in [1.165, 1.54) is 13.8 Å². The van der Waals surface area contributed by atoms with Gasteiger partial charge in [-0.2, -0.15) is 0 Å².